The Kier molecular flexibility index (Phi) is 5.43. The van der Waals surface area contributed by atoms with Gasteiger partial charge in [0.05, 0.1) is 16.9 Å². The van der Waals surface area contributed by atoms with E-state index in [4.69, 9.17) is 0 Å². The van der Waals surface area contributed by atoms with Gasteiger partial charge in [0.25, 0.3) is 5.69 Å². The smallest absolute Gasteiger partial charge is 0.269 e. The Balaban J connectivity index is 1.51. The third-order valence-electron chi connectivity index (χ3n) is 8.42. The van der Waals surface area contributed by atoms with Crippen molar-refractivity contribution < 1.29 is 19.3 Å². The van der Waals surface area contributed by atoms with Crippen LogP contribution in [0.5, 0.6) is 0 Å². The van der Waals surface area contributed by atoms with Crippen LogP contribution < -0.4 is 10.2 Å². The van der Waals surface area contributed by atoms with Crippen LogP contribution in [0.15, 0.2) is 103 Å². The molecule has 1 aromatic heterocycles. The minimum absolute atomic E-state index is 0.151. The molecule has 0 saturated carbocycles. The lowest BCUT2D eigenvalue weighted by atomic mass is 9.64. The average Bonchev–Trinajstić information content (AvgIpc) is 3.49. The van der Waals surface area contributed by atoms with E-state index < -0.39 is 34.1 Å². The molecule has 1 saturated heterocycles. The summed E-state index contributed by atoms with van der Waals surface area (Å²) in [6.07, 6.45) is 6.85. The van der Waals surface area contributed by atoms with Crippen molar-refractivity contribution >= 4 is 40.6 Å². The van der Waals surface area contributed by atoms with E-state index in [1.807, 2.05) is 59.5 Å². The summed E-state index contributed by atoms with van der Waals surface area (Å²) < 4.78 is 0. The van der Waals surface area contributed by atoms with Gasteiger partial charge in [0.1, 0.15) is 11.5 Å². The van der Waals surface area contributed by atoms with Crippen LogP contribution in [0.2, 0.25) is 0 Å². The number of rotatable bonds is 5. The molecule has 41 heavy (non-hydrogen) atoms. The third-order valence-corrected chi connectivity index (χ3v) is 8.42. The zero-order valence-electron chi connectivity index (χ0n) is 21.5. The van der Waals surface area contributed by atoms with Crippen molar-refractivity contribution in [1.82, 2.24) is 4.98 Å². The van der Waals surface area contributed by atoms with Crippen molar-refractivity contribution in [2.75, 3.05) is 10.2 Å². The Morgan fingerprint density at radius 2 is 1.56 bits per heavy atom. The maximum atomic E-state index is 14.6. The van der Waals surface area contributed by atoms with Crippen molar-refractivity contribution in [3.8, 4) is 0 Å². The fourth-order valence-corrected chi connectivity index (χ4v) is 6.73. The fraction of sp³-hybridized carbons (Fsp3) is 0.125. The highest BCUT2D eigenvalue weighted by molar-refractivity contribution is 6.18. The standard InChI is InChI=1S/C32H22N4O5/c37-29(21-15-17-33-18-16-21)27-28(30(38)20-9-12-22(13-10-20)36(40)41)35-25-8-4-1-5-19(25)11-14-26(35)32(27)23-6-2-3-7-24(23)34-31(32)39/h1-18,26-28H,(H,34,39)/t26-,27+,28-,32-/m0/s1. The lowest BCUT2D eigenvalue weighted by Gasteiger charge is -2.37. The number of non-ortho nitro benzene ring substituents is 1. The van der Waals surface area contributed by atoms with Crippen LogP contribution in [0.3, 0.4) is 0 Å². The third kappa shape index (κ3) is 3.42. The highest BCUT2D eigenvalue weighted by Crippen LogP contribution is 2.58. The van der Waals surface area contributed by atoms with Crippen LogP contribution >= 0.6 is 0 Å². The quantitative estimate of drug-likeness (QED) is 0.217. The molecule has 4 aromatic rings. The predicted molar refractivity (Wildman–Crippen MR) is 152 cm³/mol. The fourth-order valence-electron chi connectivity index (χ4n) is 6.73. The van der Waals surface area contributed by atoms with Crippen LogP contribution in [-0.2, 0) is 10.2 Å². The summed E-state index contributed by atoms with van der Waals surface area (Å²) in [6, 6.07) is 21.6. The van der Waals surface area contributed by atoms with E-state index in [0.29, 0.717) is 16.8 Å². The molecule has 3 aliphatic rings. The second kappa shape index (κ2) is 9.06. The van der Waals surface area contributed by atoms with E-state index >= 15 is 0 Å². The second-order valence-corrected chi connectivity index (χ2v) is 10.3. The first-order chi connectivity index (χ1) is 19.9. The highest BCUT2D eigenvalue weighted by atomic mass is 16.6. The van der Waals surface area contributed by atoms with Crippen molar-refractivity contribution in [3.05, 3.63) is 136 Å². The number of nitrogens with zero attached hydrogens (tertiary/aromatic N) is 3. The van der Waals surface area contributed by atoms with E-state index in [9.17, 15) is 24.5 Å². The van der Waals surface area contributed by atoms with E-state index in [1.54, 1.807) is 18.2 Å². The van der Waals surface area contributed by atoms with Gasteiger partial charge in [0, 0.05) is 47.0 Å². The van der Waals surface area contributed by atoms with E-state index in [-0.39, 0.29) is 22.9 Å². The number of carbonyl (C=O) groups is 3. The monoisotopic (exact) mass is 542 g/mol. The molecule has 3 aliphatic heterocycles. The molecule has 1 N–H and O–H groups in total. The first kappa shape index (κ1) is 24.6. The molecule has 0 radical (unpaired) electrons. The highest BCUT2D eigenvalue weighted by Gasteiger charge is 2.70. The molecule has 4 atom stereocenters. The van der Waals surface area contributed by atoms with Gasteiger partial charge in [0.2, 0.25) is 5.91 Å². The molecule has 0 bridgehead atoms. The van der Waals surface area contributed by atoms with Gasteiger partial charge >= 0.3 is 0 Å². The number of amides is 1. The molecule has 1 amide bonds. The van der Waals surface area contributed by atoms with E-state index in [1.165, 1.54) is 36.7 Å². The summed E-state index contributed by atoms with van der Waals surface area (Å²) >= 11 is 0. The summed E-state index contributed by atoms with van der Waals surface area (Å²) in [4.78, 5) is 60.1. The van der Waals surface area contributed by atoms with Gasteiger partial charge < -0.3 is 10.2 Å². The lowest BCUT2D eigenvalue weighted by molar-refractivity contribution is -0.384. The van der Waals surface area contributed by atoms with Gasteiger partial charge in [-0.15, -0.1) is 0 Å². The number of fused-ring (bicyclic) bond motifs is 6. The van der Waals surface area contributed by atoms with Crippen LogP contribution in [0.1, 0.15) is 31.8 Å². The van der Waals surface area contributed by atoms with Crippen molar-refractivity contribution in [2.24, 2.45) is 5.92 Å². The average molecular weight is 543 g/mol. The van der Waals surface area contributed by atoms with E-state index in [2.05, 4.69) is 10.3 Å². The Morgan fingerprint density at radius 3 is 2.32 bits per heavy atom. The van der Waals surface area contributed by atoms with Crippen molar-refractivity contribution in [1.29, 1.82) is 0 Å². The molecule has 9 heteroatoms. The number of nitro benzene ring substituents is 1. The number of pyridine rings is 1. The maximum Gasteiger partial charge on any atom is 0.269 e. The van der Waals surface area contributed by atoms with Gasteiger partial charge in [-0.1, -0.05) is 48.6 Å². The van der Waals surface area contributed by atoms with Crippen LogP contribution in [-0.4, -0.2) is 39.5 Å². The van der Waals surface area contributed by atoms with Gasteiger partial charge in [-0.05, 0) is 47.5 Å². The number of hydrogen-bond donors (Lipinski definition) is 1. The zero-order valence-corrected chi connectivity index (χ0v) is 21.5. The molecule has 9 nitrogen and oxygen atoms in total. The number of carbonyl (C=O) groups excluding carboxylic acids is 3. The topological polar surface area (TPSA) is 123 Å². The maximum absolute atomic E-state index is 14.6. The Labute approximate surface area is 234 Å². The SMILES string of the molecule is O=C(c1ccc([N+](=O)[O-])cc1)[C@@H]1[C@H](C(=O)c2ccncc2)[C@@]2(C(=O)Nc3ccccc32)[C@@H]2C=Cc3ccccc3N12. The number of benzene rings is 3. The summed E-state index contributed by atoms with van der Waals surface area (Å²) in [5.41, 5.74) is 1.79. The first-order valence-corrected chi connectivity index (χ1v) is 13.1. The van der Waals surface area contributed by atoms with Crippen molar-refractivity contribution in [3.63, 3.8) is 0 Å². The van der Waals surface area contributed by atoms with Gasteiger partial charge in [-0.2, -0.15) is 0 Å². The summed E-state index contributed by atoms with van der Waals surface area (Å²) in [7, 11) is 0. The molecule has 3 aromatic carbocycles. The normalized spacial score (nSPS) is 23.5. The van der Waals surface area contributed by atoms with Crippen LogP contribution in [0.25, 0.3) is 6.08 Å². The van der Waals surface area contributed by atoms with Crippen LogP contribution in [0, 0.1) is 16.0 Å². The summed E-state index contributed by atoms with van der Waals surface area (Å²) in [5, 5.41) is 14.3. The molecular weight excluding hydrogens is 520 g/mol. The molecule has 200 valence electrons. The minimum Gasteiger partial charge on any atom is -0.352 e. The predicted octanol–water partition coefficient (Wildman–Crippen LogP) is 4.85. The molecule has 4 heterocycles. The molecule has 7 rings (SSSR count). The summed E-state index contributed by atoms with van der Waals surface area (Å²) in [5.74, 6) is -2.25. The molecule has 1 fully saturated rings. The van der Waals surface area contributed by atoms with Crippen LogP contribution in [0.4, 0.5) is 17.1 Å². The van der Waals surface area contributed by atoms with Crippen molar-refractivity contribution in [2.45, 2.75) is 17.5 Å². The second-order valence-electron chi connectivity index (χ2n) is 10.3. The Hall–Kier alpha value is -5.44. The molecular formula is C32H22N4O5. The molecule has 1 spiro atoms. The number of nitrogens with one attached hydrogen (secondary N) is 1. The lowest BCUT2D eigenvalue weighted by Crippen LogP contribution is -2.51. The zero-order chi connectivity index (χ0) is 28.3. The van der Waals surface area contributed by atoms with E-state index in [0.717, 1.165) is 11.3 Å². The van der Waals surface area contributed by atoms with Gasteiger partial charge in [-0.25, -0.2) is 0 Å². The number of anilines is 2. The Bertz CT molecular complexity index is 1790. The summed E-state index contributed by atoms with van der Waals surface area (Å²) in [6.45, 7) is 0. The number of nitro groups is 1. The first-order valence-electron chi connectivity index (χ1n) is 13.1. The number of ketones is 2. The number of Topliss-reactive ketones (excluding diaryl/α,β-unsaturated/α-hetero) is 2. The number of hydrogen-bond acceptors (Lipinski definition) is 7. The Morgan fingerprint density at radius 1 is 0.878 bits per heavy atom. The van der Waals surface area contributed by atoms with Gasteiger partial charge in [0.15, 0.2) is 11.6 Å². The van der Waals surface area contributed by atoms with Gasteiger partial charge in [-0.3, -0.25) is 29.5 Å². The number of aromatic nitrogens is 1. The minimum atomic E-state index is -1.43. The number of para-hydroxylation sites is 2. The molecule has 0 aliphatic carbocycles. The largest absolute Gasteiger partial charge is 0.352 e. The molecule has 0 unspecified atom stereocenters.